The van der Waals surface area contributed by atoms with Crippen LogP contribution in [0.3, 0.4) is 0 Å². The third-order valence-electron chi connectivity index (χ3n) is 3.59. The maximum Gasteiger partial charge on any atom is 0.310 e. The van der Waals surface area contributed by atoms with E-state index in [0.29, 0.717) is 12.8 Å². The molecule has 1 aromatic rings. The van der Waals surface area contributed by atoms with Crippen molar-refractivity contribution >= 4 is 5.69 Å². The highest BCUT2D eigenvalue weighted by molar-refractivity contribution is 5.48. The Kier molecular flexibility index (Phi) is 4.04. The summed E-state index contributed by atoms with van der Waals surface area (Å²) in [4.78, 5) is 10.5. The Morgan fingerprint density at radius 2 is 2.05 bits per heavy atom. The van der Waals surface area contributed by atoms with Crippen LogP contribution in [0.25, 0.3) is 0 Å². The highest BCUT2D eigenvalue weighted by Gasteiger charge is 2.31. The second-order valence-electron chi connectivity index (χ2n) is 5.30. The zero-order valence-electron chi connectivity index (χ0n) is 11.1. The molecule has 0 heterocycles. The van der Waals surface area contributed by atoms with Crippen LogP contribution in [0.2, 0.25) is 0 Å². The van der Waals surface area contributed by atoms with Gasteiger partial charge in [0.1, 0.15) is 6.61 Å². The first-order valence-corrected chi connectivity index (χ1v) is 6.60. The van der Waals surface area contributed by atoms with Gasteiger partial charge in [-0.2, -0.15) is 0 Å². The molecule has 5 heteroatoms. The fourth-order valence-corrected chi connectivity index (χ4v) is 2.45. The monoisotopic (exact) mass is 265 g/mol. The molecule has 0 amide bonds. The number of nitro groups is 1. The average Bonchev–Trinajstić information content (AvgIpc) is 2.37. The van der Waals surface area contributed by atoms with Crippen LogP contribution in [0.5, 0.6) is 5.75 Å². The van der Waals surface area contributed by atoms with Crippen LogP contribution in [-0.2, 0) is 0 Å². The number of hydrogen-bond acceptors (Lipinski definition) is 4. The van der Waals surface area contributed by atoms with E-state index in [1.807, 2.05) is 6.92 Å². The molecule has 0 radical (unpaired) electrons. The van der Waals surface area contributed by atoms with Gasteiger partial charge in [-0.25, -0.2) is 0 Å². The van der Waals surface area contributed by atoms with Crippen molar-refractivity contribution in [1.82, 2.24) is 0 Å². The molecule has 1 fully saturated rings. The first-order chi connectivity index (χ1) is 9.00. The van der Waals surface area contributed by atoms with E-state index < -0.39 is 10.5 Å². The van der Waals surface area contributed by atoms with E-state index in [1.54, 1.807) is 12.1 Å². The highest BCUT2D eigenvalue weighted by Crippen LogP contribution is 2.32. The van der Waals surface area contributed by atoms with Gasteiger partial charge in [0.2, 0.25) is 0 Å². The number of aryl methyl sites for hydroxylation is 1. The molecule has 0 saturated heterocycles. The highest BCUT2D eigenvalue weighted by atomic mass is 16.6. The number of nitrogens with zero attached hydrogens (tertiary/aromatic N) is 1. The summed E-state index contributed by atoms with van der Waals surface area (Å²) in [6.07, 6.45) is 4.50. The van der Waals surface area contributed by atoms with Crippen molar-refractivity contribution in [2.45, 2.75) is 44.6 Å². The Bertz CT molecular complexity index is 467. The Balaban J connectivity index is 2.10. The van der Waals surface area contributed by atoms with E-state index in [9.17, 15) is 15.2 Å². The molecule has 0 spiro atoms. The quantitative estimate of drug-likeness (QED) is 0.671. The molecule has 104 valence electrons. The van der Waals surface area contributed by atoms with Crippen molar-refractivity contribution in [2.24, 2.45) is 0 Å². The zero-order chi connectivity index (χ0) is 13.9. The minimum Gasteiger partial charge on any atom is -0.484 e. The molecule has 1 aromatic carbocycles. The number of nitro benzene ring substituents is 1. The van der Waals surface area contributed by atoms with Gasteiger partial charge in [-0.1, -0.05) is 25.3 Å². The summed E-state index contributed by atoms with van der Waals surface area (Å²) in [5.41, 5.74) is 0.0109. The Morgan fingerprint density at radius 1 is 1.37 bits per heavy atom. The maximum absolute atomic E-state index is 10.9. The summed E-state index contributed by atoms with van der Waals surface area (Å²) < 4.78 is 5.53. The minimum absolute atomic E-state index is 0.0509. The van der Waals surface area contributed by atoms with E-state index in [2.05, 4.69) is 0 Å². The predicted molar refractivity (Wildman–Crippen MR) is 71.4 cm³/mol. The molecule has 1 N–H and O–H groups in total. The molecular formula is C14H19NO4. The summed E-state index contributed by atoms with van der Waals surface area (Å²) in [6, 6.07) is 4.76. The van der Waals surface area contributed by atoms with Gasteiger partial charge in [-0.3, -0.25) is 10.1 Å². The lowest BCUT2D eigenvalue weighted by molar-refractivity contribution is -0.386. The number of rotatable bonds is 4. The third-order valence-corrected chi connectivity index (χ3v) is 3.59. The van der Waals surface area contributed by atoms with Gasteiger partial charge in [-0.15, -0.1) is 0 Å². The van der Waals surface area contributed by atoms with E-state index in [0.717, 1.165) is 24.8 Å². The summed E-state index contributed by atoms with van der Waals surface area (Å²) in [5.74, 6) is 0.240. The van der Waals surface area contributed by atoms with Crippen LogP contribution in [-0.4, -0.2) is 22.2 Å². The second-order valence-corrected chi connectivity index (χ2v) is 5.30. The van der Waals surface area contributed by atoms with Crippen molar-refractivity contribution in [3.63, 3.8) is 0 Å². The van der Waals surface area contributed by atoms with Gasteiger partial charge in [0.15, 0.2) is 5.75 Å². The lowest BCUT2D eigenvalue weighted by Crippen LogP contribution is -2.38. The van der Waals surface area contributed by atoms with Gasteiger partial charge in [0.05, 0.1) is 10.5 Å². The van der Waals surface area contributed by atoms with Crippen molar-refractivity contribution in [1.29, 1.82) is 0 Å². The smallest absolute Gasteiger partial charge is 0.310 e. The maximum atomic E-state index is 10.9. The molecule has 0 aliphatic heterocycles. The van der Waals surface area contributed by atoms with Crippen molar-refractivity contribution in [3.05, 3.63) is 33.9 Å². The molecule has 0 bridgehead atoms. The normalized spacial score (nSPS) is 18.0. The topological polar surface area (TPSA) is 72.6 Å². The molecular weight excluding hydrogens is 246 g/mol. The van der Waals surface area contributed by atoms with E-state index in [1.165, 1.54) is 6.07 Å². The van der Waals surface area contributed by atoms with Crippen LogP contribution >= 0.6 is 0 Å². The lowest BCUT2D eigenvalue weighted by Gasteiger charge is -2.31. The van der Waals surface area contributed by atoms with Gasteiger partial charge < -0.3 is 9.84 Å². The fraction of sp³-hybridized carbons (Fsp3) is 0.571. The second kappa shape index (κ2) is 5.57. The molecule has 1 aliphatic carbocycles. The van der Waals surface area contributed by atoms with E-state index in [-0.39, 0.29) is 18.0 Å². The van der Waals surface area contributed by atoms with Crippen molar-refractivity contribution in [2.75, 3.05) is 6.61 Å². The predicted octanol–water partition coefficient (Wildman–Crippen LogP) is 2.98. The van der Waals surface area contributed by atoms with Crippen LogP contribution in [0.4, 0.5) is 5.69 Å². The third kappa shape index (κ3) is 3.44. The Labute approximate surface area is 112 Å². The first-order valence-electron chi connectivity index (χ1n) is 6.60. The van der Waals surface area contributed by atoms with Crippen LogP contribution in [0.15, 0.2) is 18.2 Å². The number of aliphatic hydroxyl groups is 1. The lowest BCUT2D eigenvalue weighted by atomic mass is 9.85. The molecule has 0 atom stereocenters. The van der Waals surface area contributed by atoms with Crippen molar-refractivity contribution < 1.29 is 14.8 Å². The molecule has 1 aliphatic rings. The summed E-state index contributed by atoms with van der Waals surface area (Å²) in [5, 5.41) is 21.3. The van der Waals surface area contributed by atoms with Gasteiger partial charge in [0.25, 0.3) is 0 Å². The summed E-state index contributed by atoms with van der Waals surface area (Å²) in [6.45, 7) is 1.98. The Hall–Kier alpha value is -1.62. The fourth-order valence-electron chi connectivity index (χ4n) is 2.45. The van der Waals surface area contributed by atoms with Gasteiger partial charge in [0, 0.05) is 6.07 Å². The molecule has 0 unspecified atom stereocenters. The SMILES string of the molecule is Cc1ccc([N+](=O)[O-])c(OCC2(O)CCCCC2)c1. The molecule has 0 aromatic heterocycles. The van der Waals surface area contributed by atoms with Crippen LogP contribution in [0, 0.1) is 17.0 Å². The summed E-state index contributed by atoms with van der Waals surface area (Å²) >= 11 is 0. The van der Waals surface area contributed by atoms with Crippen LogP contribution < -0.4 is 4.74 Å². The number of hydrogen-bond donors (Lipinski definition) is 1. The summed E-state index contributed by atoms with van der Waals surface area (Å²) in [7, 11) is 0. The molecule has 5 nitrogen and oxygen atoms in total. The number of ether oxygens (including phenoxy) is 1. The standard InChI is InChI=1S/C14H19NO4/c1-11-5-6-12(15(17)18)13(9-11)19-10-14(16)7-3-2-4-8-14/h5-6,9,16H,2-4,7-8,10H2,1H3. The molecule has 19 heavy (non-hydrogen) atoms. The number of benzene rings is 1. The Morgan fingerprint density at radius 3 is 2.68 bits per heavy atom. The molecule has 2 rings (SSSR count). The largest absolute Gasteiger partial charge is 0.484 e. The van der Waals surface area contributed by atoms with Crippen LogP contribution in [0.1, 0.15) is 37.7 Å². The van der Waals surface area contributed by atoms with E-state index >= 15 is 0 Å². The zero-order valence-corrected chi connectivity index (χ0v) is 11.1. The van der Waals surface area contributed by atoms with Crippen molar-refractivity contribution in [3.8, 4) is 5.75 Å². The minimum atomic E-state index is -0.837. The van der Waals surface area contributed by atoms with Gasteiger partial charge >= 0.3 is 5.69 Å². The first kappa shape index (κ1) is 13.8. The molecule has 1 saturated carbocycles. The van der Waals surface area contributed by atoms with Gasteiger partial charge in [-0.05, 0) is 31.4 Å². The van der Waals surface area contributed by atoms with E-state index in [4.69, 9.17) is 4.74 Å². The average molecular weight is 265 g/mol.